The van der Waals surface area contributed by atoms with Crippen LogP contribution in [0.3, 0.4) is 0 Å². The summed E-state index contributed by atoms with van der Waals surface area (Å²) in [6.45, 7) is 4.46. The van der Waals surface area contributed by atoms with Gasteiger partial charge in [-0.1, -0.05) is 41.6 Å². The zero-order valence-corrected chi connectivity index (χ0v) is 16.0. The van der Waals surface area contributed by atoms with Crippen LogP contribution in [0.15, 0.2) is 59.6 Å². The molecule has 0 bridgehead atoms. The lowest BCUT2D eigenvalue weighted by atomic mass is 10.0. The lowest BCUT2D eigenvalue weighted by molar-refractivity contribution is -0.118. The van der Waals surface area contributed by atoms with Gasteiger partial charge in [-0.25, -0.2) is 4.39 Å². The number of carbonyl (C=O) groups excluding carboxylic acids is 1. The highest BCUT2D eigenvalue weighted by atomic mass is 32.2. The standard InChI is InChI=1S/C21H20FN3OS/c1-14-3-4-15(2)18(11-14)19-9-10-21(25-24-19)27-13-20(26)23-12-16-5-7-17(22)8-6-16/h3-11H,12-13H2,1-2H3,(H,23,26). The number of nitrogens with one attached hydrogen (secondary N) is 1. The van der Waals surface area contributed by atoms with Gasteiger partial charge in [-0.05, 0) is 55.3 Å². The van der Waals surface area contributed by atoms with Crippen LogP contribution >= 0.6 is 11.8 Å². The molecule has 0 aliphatic heterocycles. The highest BCUT2D eigenvalue weighted by molar-refractivity contribution is 7.99. The van der Waals surface area contributed by atoms with E-state index < -0.39 is 0 Å². The molecule has 3 rings (SSSR count). The van der Waals surface area contributed by atoms with E-state index in [0.29, 0.717) is 11.6 Å². The minimum absolute atomic E-state index is 0.107. The zero-order chi connectivity index (χ0) is 19.2. The number of amides is 1. The quantitative estimate of drug-likeness (QED) is 0.647. The second-order valence-electron chi connectivity index (χ2n) is 6.27. The number of nitrogens with zero attached hydrogens (tertiary/aromatic N) is 2. The molecular weight excluding hydrogens is 361 g/mol. The summed E-state index contributed by atoms with van der Waals surface area (Å²) >= 11 is 1.33. The van der Waals surface area contributed by atoms with Gasteiger partial charge in [0, 0.05) is 12.1 Å². The van der Waals surface area contributed by atoms with Crippen molar-refractivity contribution in [2.75, 3.05) is 5.75 Å². The second kappa shape index (κ2) is 8.77. The van der Waals surface area contributed by atoms with E-state index >= 15 is 0 Å². The SMILES string of the molecule is Cc1ccc(C)c(-c2ccc(SCC(=O)NCc3ccc(F)cc3)nn2)c1. The molecule has 6 heteroatoms. The van der Waals surface area contributed by atoms with Gasteiger partial charge in [-0.15, -0.1) is 10.2 Å². The molecule has 3 aromatic rings. The first-order valence-electron chi connectivity index (χ1n) is 8.56. The zero-order valence-electron chi connectivity index (χ0n) is 15.2. The van der Waals surface area contributed by atoms with Crippen LogP contribution in [0.5, 0.6) is 0 Å². The Morgan fingerprint density at radius 2 is 1.81 bits per heavy atom. The Balaban J connectivity index is 1.53. The molecule has 1 aromatic heterocycles. The summed E-state index contributed by atoms with van der Waals surface area (Å²) < 4.78 is 12.9. The molecule has 0 saturated heterocycles. The van der Waals surface area contributed by atoms with Crippen LogP contribution in [0.2, 0.25) is 0 Å². The van der Waals surface area contributed by atoms with E-state index in [1.54, 1.807) is 12.1 Å². The molecule has 0 fully saturated rings. The largest absolute Gasteiger partial charge is 0.351 e. The maximum atomic E-state index is 12.9. The maximum Gasteiger partial charge on any atom is 0.230 e. The monoisotopic (exact) mass is 381 g/mol. The molecule has 0 aliphatic carbocycles. The normalized spacial score (nSPS) is 10.6. The van der Waals surface area contributed by atoms with E-state index in [1.807, 2.05) is 26.0 Å². The number of aryl methyl sites for hydroxylation is 2. The van der Waals surface area contributed by atoms with Gasteiger partial charge in [0.25, 0.3) is 0 Å². The molecule has 1 N–H and O–H groups in total. The predicted molar refractivity (Wildman–Crippen MR) is 106 cm³/mol. The Kier molecular flexibility index (Phi) is 6.19. The maximum absolute atomic E-state index is 12.9. The van der Waals surface area contributed by atoms with Crippen molar-refractivity contribution in [1.82, 2.24) is 15.5 Å². The van der Waals surface area contributed by atoms with Gasteiger partial charge in [-0.3, -0.25) is 4.79 Å². The van der Waals surface area contributed by atoms with Crippen molar-refractivity contribution >= 4 is 17.7 Å². The summed E-state index contributed by atoms with van der Waals surface area (Å²) in [5, 5.41) is 12.0. The third kappa shape index (κ3) is 5.37. The molecule has 138 valence electrons. The Morgan fingerprint density at radius 3 is 2.52 bits per heavy atom. The number of halogens is 1. The first kappa shape index (κ1) is 19.0. The van der Waals surface area contributed by atoms with E-state index in [2.05, 4.69) is 33.7 Å². The van der Waals surface area contributed by atoms with Crippen LogP contribution in [0.1, 0.15) is 16.7 Å². The van der Waals surface area contributed by atoms with Gasteiger partial charge in [0.1, 0.15) is 10.8 Å². The van der Waals surface area contributed by atoms with Crippen molar-refractivity contribution in [1.29, 1.82) is 0 Å². The van der Waals surface area contributed by atoms with Crippen LogP contribution in [0.25, 0.3) is 11.3 Å². The fourth-order valence-electron chi connectivity index (χ4n) is 2.55. The fourth-order valence-corrected chi connectivity index (χ4v) is 3.19. The molecule has 0 unspecified atom stereocenters. The van der Waals surface area contributed by atoms with Crippen molar-refractivity contribution in [3.63, 3.8) is 0 Å². The Morgan fingerprint density at radius 1 is 1.04 bits per heavy atom. The molecule has 2 aromatic carbocycles. The highest BCUT2D eigenvalue weighted by Gasteiger charge is 2.07. The van der Waals surface area contributed by atoms with Crippen molar-refractivity contribution < 1.29 is 9.18 Å². The van der Waals surface area contributed by atoms with Gasteiger partial charge in [0.05, 0.1) is 11.4 Å². The number of benzene rings is 2. The predicted octanol–water partition coefficient (Wildman–Crippen LogP) is 4.31. The van der Waals surface area contributed by atoms with Crippen molar-refractivity contribution in [2.45, 2.75) is 25.4 Å². The van der Waals surface area contributed by atoms with Gasteiger partial charge < -0.3 is 5.32 Å². The van der Waals surface area contributed by atoms with E-state index in [9.17, 15) is 9.18 Å². The topological polar surface area (TPSA) is 54.9 Å². The second-order valence-corrected chi connectivity index (χ2v) is 7.26. The minimum atomic E-state index is -0.288. The summed E-state index contributed by atoms with van der Waals surface area (Å²) in [7, 11) is 0. The number of hydrogen-bond acceptors (Lipinski definition) is 4. The van der Waals surface area contributed by atoms with Gasteiger partial charge in [0.2, 0.25) is 5.91 Å². The van der Waals surface area contributed by atoms with E-state index in [-0.39, 0.29) is 17.5 Å². The van der Waals surface area contributed by atoms with Gasteiger partial charge >= 0.3 is 0 Å². The van der Waals surface area contributed by atoms with Crippen LogP contribution in [-0.2, 0) is 11.3 Å². The number of thioether (sulfide) groups is 1. The summed E-state index contributed by atoms with van der Waals surface area (Å²) in [5.74, 6) is -0.146. The molecule has 0 aliphatic rings. The lowest BCUT2D eigenvalue weighted by Crippen LogP contribution is -2.24. The number of carbonyl (C=O) groups is 1. The van der Waals surface area contributed by atoms with Gasteiger partial charge in [0.15, 0.2) is 0 Å². The third-order valence-corrected chi connectivity index (χ3v) is 4.98. The highest BCUT2D eigenvalue weighted by Crippen LogP contribution is 2.23. The average Bonchev–Trinajstić information content (AvgIpc) is 2.68. The van der Waals surface area contributed by atoms with Crippen molar-refractivity contribution in [2.24, 2.45) is 0 Å². The van der Waals surface area contributed by atoms with Crippen molar-refractivity contribution in [3.05, 3.63) is 77.1 Å². The minimum Gasteiger partial charge on any atom is -0.351 e. The van der Waals surface area contributed by atoms with E-state index in [0.717, 1.165) is 22.4 Å². The van der Waals surface area contributed by atoms with Crippen molar-refractivity contribution in [3.8, 4) is 11.3 Å². The molecule has 0 saturated carbocycles. The average molecular weight is 381 g/mol. The number of aromatic nitrogens is 2. The smallest absolute Gasteiger partial charge is 0.230 e. The third-order valence-electron chi connectivity index (χ3n) is 4.06. The fraction of sp³-hybridized carbons (Fsp3) is 0.190. The van der Waals surface area contributed by atoms with Crippen LogP contribution < -0.4 is 5.32 Å². The number of rotatable bonds is 6. The van der Waals surface area contributed by atoms with Crippen LogP contribution in [0.4, 0.5) is 4.39 Å². The van der Waals surface area contributed by atoms with Gasteiger partial charge in [-0.2, -0.15) is 0 Å². The molecule has 1 heterocycles. The Hall–Kier alpha value is -2.73. The number of hydrogen-bond donors (Lipinski definition) is 1. The molecule has 0 radical (unpaired) electrons. The van der Waals surface area contributed by atoms with Crippen LogP contribution in [0, 0.1) is 19.7 Å². The van der Waals surface area contributed by atoms with E-state index in [1.165, 1.54) is 29.5 Å². The molecule has 0 spiro atoms. The molecule has 1 amide bonds. The first-order valence-corrected chi connectivity index (χ1v) is 9.55. The summed E-state index contributed by atoms with van der Waals surface area (Å²) in [4.78, 5) is 12.0. The van der Waals surface area contributed by atoms with Crippen LogP contribution in [-0.4, -0.2) is 21.9 Å². The summed E-state index contributed by atoms with van der Waals surface area (Å²) in [5.41, 5.74) is 5.06. The summed E-state index contributed by atoms with van der Waals surface area (Å²) in [6.07, 6.45) is 0. The first-order chi connectivity index (χ1) is 13.0. The Labute approximate surface area is 162 Å². The van der Waals surface area contributed by atoms with E-state index in [4.69, 9.17) is 0 Å². The Bertz CT molecular complexity index is 927. The lowest BCUT2D eigenvalue weighted by Gasteiger charge is -2.07. The molecule has 4 nitrogen and oxygen atoms in total. The molecular formula is C21H20FN3OS. The molecule has 27 heavy (non-hydrogen) atoms. The molecule has 0 atom stereocenters. The summed E-state index contributed by atoms with van der Waals surface area (Å²) in [6, 6.07) is 16.1.